The Morgan fingerprint density at radius 3 is 2.71 bits per heavy atom. The number of nitrogens with zero attached hydrogens (tertiary/aromatic N) is 3. The van der Waals surface area contributed by atoms with Gasteiger partial charge in [0.25, 0.3) is 0 Å². The van der Waals surface area contributed by atoms with Crippen LogP contribution < -0.4 is 16.0 Å². The summed E-state index contributed by atoms with van der Waals surface area (Å²) in [6, 6.07) is 1.91. The average molecular weight is 235 g/mol. The van der Waals surface area contributed by atoms with Gasteiger partial charge in [0.05, 0.1) is 5.54 Å². The maximum absolute atomic E-state index is 5.90. The standard InChI is InChI=1S/C12H21N5/c1-17(2)11-14-8-5-10(15-11)16-12(9-13)6-3-4-7-12/h5,8H,3-4,6-7,9,13H2,1-2H3,(H,14,15,16). The first-order chi connectivity index (χ1) is 8.15. The number of anilines is 2. The van der Waals surface area contributed by atoms with Crippen molar-refractivity contribution in [2.45, 2.75) is 31.2 Å². The molecule has 0 amide bonds. The molecule has 0 radical (unpaired) electrons. The van der Waals surface area contributed by atoms with E-state index >= 15 is 0 Å². The van der Waals surface area contributed by atoms with Crippen LogP contribution in [-0.2, 0) is 0 Å². The van der Waals surface area contributed by atoms with Crippen LogP contribution in [0.25, 0.3) is 0 Å². The molecule has 5 nitrogen and oxygen atoms in total. The Labute approximate surface area is 102 Å². The Hall–Kier alpha value is -1.36. The molecule has 1 aliphatic carbocycles. The topological polar surface area (TPSA) is 67.1 Å². The van der Waals surface area contributed by atoms with E-state index in [0.717, 1.165) is 24.6 Å². The molecule has 17 heavy (non-hydrogen) atoms. The van der Waals surface area contributed by atoms with E-state index in [0.29, 0.717) is 6.54 Å². The zero-order valence-electron chi connectivity index (χ0n) is 10.6. The zero-order chi connectivity index (χ0) is 12.3. The second-order valence-electron chi connectivity index (χ2n) is 4.95. The lowest BCUT2D eigenvalue weighted by atomic mass is 9.98. The number of aromatic nitrogens is 2. The van der Waals surface area contributed by atoms with Gasteiger partial charge in [0.15, 0.2) is 0 Å². The van der Waals surface area contributed by atoms with Gasteiger partial charge in [-0.3, -0.25) is 0 Å². The molecule has 0 aromatic carbocycles. The molecule has 1 fully saturated rings. The summed E-state index contributed by atoms with van der Waals surface area (Å²) in [4.78, 5) is 10.6. The van der Waals surface area contributed by atoms with Crippen LogP contribution >= 0.6 is 0 Å². The third-order valence-electron chi connectivity index (χ3n) is 3.39. The van der Waals surface area contributed by atoms with Crippen LogP contribution in [0.15, 0.2) is 12.3 Å². The minimum Gasteiger partial charge on any atom is -0.363 e. The van der Waals surface area contributed by atoms with E-state index in [-0.39, 0.29) is 5.54 Å². The van der Waals surface area contributed by atoms with E-state index < -0.39 is 0 Å². The van der Waals surface area contributed by atoms with Crippen LogP contribution in [0.5, 0.6) is 0 Å². The van der Waals surface area contributed by atoms with Crippen molar-refractivity contribution < 1.29 is 0 Å². The lowest BCUT2D eigenvalue weighted by molar-refractivity contribution is 0.491. The van der Waals surface area contributed by atoms with Crippen molar-refractivity contribution in [3.05, 3.63) is 12.3 Å². The molecule has 1 aromatic heterocycles. The first kappa shape index (κ1) is 12.1. The predicted octanol–water partition coefficient (Wildman–Crippen LogP) is 1.23. The number of nitrogens with two attached hydrogens (primary N) is 1. The SMILES string of the molecule is CN(C)c1nccc(NC2(CN)CCCC2)n1. The Balaban J connectivity index is 2.14. The summed E-state index contributed by atoms with van der Waals surface area (Å²) in [6.45, 7) is 0.661. The van der Waals surface area contributed by atoms with E-state index in [1.807, 2.05) is 25.1 Å². The van der Waals surface area contributed by atoms with E-state index in [2.05, 4.69) is 15.3 Å². The molecule has 94 valence electrons. The molecule has 0 atom stereocenters. The fourth-order valence-electron chi connectivity index (χ4n) is 2.34. The smallest absolute Gasteiger partial charge is 0.226 e. The highest BCUT2D eigenvalue weighted by Gasteiger charge is 2.32. The van der Waals surface area contributed by atoms with Crippen LogP contribution in [0, 0.1) is 0 Å². The van der Waals surface area contributed by atoms with Crippen molar-refractivity contribution in [3.8, 4) is 0 Å². The molecule has 0 unspecified atom stereocenters. The van der Waals surface area contributed by atoms with Gasteiger partial charge in [-0.2, -0.15) is 4.98 Å². The summed E-state index contributed by atoms with van der Waals surface area (Å²) >= 11 is 0. The molecule has 1 aromatic rings. The van der Waals surface area contributed by atoms with Crippen molar-refractivity contribution >= 4 is 11.8 Å². The van der Waals surface area contributed by atoms with Crippen molar-refractivity contribution in [1.29, 1.82) is 0 Å². The summed E-state index contributed by atoms with van der Waals surface area (Å²) in [6.07, 6.45) is 6.53. The van der Waals surface area contributed by atoms with Crippen LogP contribution in [0.4, 0.5) is 11.8 Å². The largest absolute Gasteiger partial charge is 0.363 e. The second kappa shape index (κ2) is 4.87. The second-order valence-corrected chi connectivity index (χ2v) is 4.95. The van der Waals surface area contributed by atoms with Crippen LogP contribution in [-0.4, -0.2) is 36.1 Å². The highest BCUT2D eigenvalue weighted by molar-refractivity contribution is 5.43. The first-order valence-corrected chi connectivity index (χ1v) is 6.14. The average Bonchev–Trinajstić information content (AvgIpc) is 2.78. The number of rotatable bonds is 4. The zero-order valence-corrected chi connectivity index (χ0v) is 10.6. The van der Waals surface area contributed by atoms with E-state index in [9.17, 15) is 0 Å². The van der Waals surface area contributed by atoms with Crippen molar-refractivity contribution in [2.24, 2.45) is 5.73 Å². The number of nitrogens with one attached hydrogen (secondary N) is 1. The molecule has 1 heterocycles. The first-order valence-electron chi connectivity index (χ1n) is 6.14. The summed E-state index contributed by atoms with van der Waals surface area (Å²) in [7, 11) is 3.88. The fraction of sp³-hybridized carbons (Fsp3) is 0.667. The summed E-state index contributed by atoms with van der Waals surface area (Å²) in [5.74, 6) is 1.59. The third kappa shape index (κ3) is 2.66. The monoisotopic (exact) mass is 235 g/mol. The number of hydrogen-bond acceptors (Lipinski definition) is 5. The van der Waals surface area contributed by atoms with Gasteiger partial charge in [-0.15, -0.1) is 0 Å². The molecule has 1 aliphatic rings. The minimum atomic E-state index is 0.0396. The van der Waals surface area contributed by atoms with Gasteiger partial charge in [-0.1, -0.05) is 12.8 Å². The van der Waals surface area contributed by atoms with Crippen molar-refractivity contribution in [1.82, 2.24) is 9.97 Å². The van der Waals surface area contributed by atoms with Gasteiger partial charge in [-0.05, 0) is 18.9 Å². The van der Waals surface area contributed by atoms with Gasteiger partial charge in [0, 0.05) is 26.8 Å². The Morgan fingerprint density at radius 1 is 1.41 bits per heavy atom. The minimum absolute atomic E-state index is 0.0396. The highest BCUT2D eigenvalue weighted by atomic mass is 15.2. The highest BCUT2D eigenvalue weighted by Crippen LogP contribution is 2.31. The predicted molar refractivity (Wildman–Crippen MR) is 70.2 cm³/mol. The van der Waals surface area contributed by atoms with Gasteiger partial charge in [0.1, 0.15) is 5.82 Å². The van der Waals surface area contributed by atoms with Gasteiger partial charge >= 0.3 is 0 Å². The van der Waals surface area contributed by atoms with E-state index in [4.69, 9.17) is 5.73 Å². The number of hydrogen-bond donors (Lipinski definition) is 2. The molecular formula is C12H21N5. The molecule has 0 saturated heterocycles. The Bertz CT molecular complexity index is 371. The molecular weight excluding hydrogens is 214 g/mol. The third-order valence-corrected chi connectivity index (χ3v) is 3.39. The Morgan fingerprint density at radius 2 is 2.12 bits per heavy atom. The molecule has 0 bridgehead atoms. The summed E-state index contributed by atoms with van der Waals surface area (Å²) in [5, 5.41) is 3.50. The van der Waals surface area contributed by atoms with Crippen molar-refractivity contribution in [3.63, 3.8) is 0 Å². The summed E-state index contributed by atoms with van der Waals surface area (Å²) < 4.78 is 0. The molecule has 1 saturated carbocycles. The molecule has 5 heteroatoms. The molecule has 2 rings (SSSR count). The van der Waals surface area contributed by atoms with Gasteiger partial charge in [-0.25, -0.2) is 4.98 Å². The lowest BCUT2D eigenvalue weighted by Crippen LogP contribution is -2.43. The maximum Gasteiger partial charge on any atom is 0.226 e. The molecule has 0 aliphatic heterocycles. The molecule has 0 spiro atoms. The summed E-state index contributed by atoms with van der Waals surface area (Å²) in [5.41, 5.74) is 5.94. The van der Waals surface area contributed by atoms with E-state index in [1.165, 1.54) is 12.8 Å². The van der Waals surface area contributed by atoms with Crippen LogP contribution in [0.2, 0.25) is 0 Å². The fourth-order valence-corrected chi connectivity index (χ4v) is 2.34. The van der Waals surface area contributed by atoms with Crippen LogP contribution in [0.3, 0.4) is 0 Å². The Kier molecular flexibility index (Phi) is 3.47. The van der Waals surface area contributed by atoms with Crippen molar-refractivity contribution in [2.75, 3.05) is 30.9 Å². The normalized spacial score (nSPS) is 18.1. The molecule has 3 N–H and O–H groups in total. The maximum atomic E-state index is 5.90. The van der Waals surface area contributed by atoms with Crippen LogP contribution in [0.1, 0.15) is 25.7 Å². The van der Waals surface area contributed by atoms with Gasteiger partial charge in [0.2, 0.25) is 5.95 Å². The van der Waals surface area contributed by atoms with Gasteiger partial charge < -0.3 is 16.0 Å². The quantitative estimate of drug-likeness (QED) is 0.821. The van der Waals surface area contributed by atoms with E-state index in [1.54, 1.807) is 6.20 Å². The lowest BCUT2D eigenvalue weighted by Gasteiger charge is -2.29.